The molecule has 1 unspecified atom stereocenters. The Labute approximate surface area is 67.0 Å². The van der Waals surface area contributed by atoms with Gasteiger partial charge in [0.05, 0.1) is 0 Å². The summed E-state index contributed by atoms with van der Waals surface area (Å²) in [5.41, 5.74) is 4.86. The van der Waals surface area contributed by atoms with Crippen LogP contribution in [-0.4, -0.2) is 44.2 Å². The predicted octanol–water partition coefficient (Wildman–Crippen LogP) is -2.45. The molecule has 0 aromatic rings. The minimum atomic E-state index is -3.09. The van der Waals surface area contributed by atoms with Gasteiger partial charge >= 0.3 is 11.9 Å². The molecule has 0 bridgehead atoms. The Morgan fingerprint density at radius 3 is 2.00 bits per heavy atom. The summed E-state index contributed by atoms with van der Waals surface area (Å²) in [5.74, 6) is -6.51. The molecule has 7 heteroatoms. The van der Waals surface area contributed by atoms with E-state index in [0.717, 1.165) is 0 Å². The van der Waals surface area contributed by atoms with Crippen LogP contribution in [0, 0.1) is 0 Å². The lowest BCUT2D eigenvalue weighted by atomic mass is 10.1. The number of carboxylic acid groups (broad SMARTS) is 2. The zero-order valence-electron chi connectivity index (χ0n) is 5.97. The van der Waals surface area contributed by atoms with Gasteiger partial charge in [-0.05, 0) is 0 Å². The number of aliphatic carboxylic acids is 2. The van der Waals surface area contributed by atoms with E-state index in [4.69, 9.17) is 26.2 Å². The normalized spacial score (nSPS) is 13.9. The fourth-order valence-corrected chi connectivity index (χ4v) is 0.481. The smallest absolute Gasteiger partial charge is 0.364 e. The topological polar surface area (TPSA) is 141 Å². The Bertz CT molecular complexity index is 200. The summed E-state index contributed by atoms with van der Waals surface area (Å²) in [4.78, 5) is 20.1. The molecule has 0 aromatic carbocycles. The Hall–Kier alpha value is -1.18. The van der Waals surface area contributed by atoms with Crippen LogP contribution in [-0.2, 0) is 9.59 Å². The highest BCUT2D eigenvalue weighted by Gasteiger charge is 2.37. The number of hydrogen-bond acceptors (Lipinski definition) is 5. The van der Waals surface area contributed by atoms with E-state index < -0.39 is 30.2 Å². The van der Waals surface area contributed by atoms with Gasteiger partial charge in [0.25, 0.3) is 5.79 Å². The van der Waals surface area contributed by atoms with Gasteiger partial charge in [0.1, 0.15) is 6.04 Å². The first kappa shape index (κ1) is 10.8. The maximum Gasteiger partial charge on any atom is 0.364 e. The lowest BCUT2D eigenvalue weighted by Gasteiger charge is -2.17. The fraction of sp³-hybridized carbons (Fsp3) is 0.600. The first-order chi connectivity index (χ1) is 5.27. The van der Waals surface area contributed by atoms with E-state index in [0.29, 0.717) is 0 Å². The van der Waals surface area contributed by atoms with Gasteiger partial charge < -0.3 is 26.2 Å². The van der Waals surface area contributed by atoms with Crippen LogP contribution in [0.5, 0.6) is 0 Å². The molecule has 0 fully saturated rings. The summed E-state index contributed by atoms with van der Waals surface area (Å²) in [5, 5.41) is 33.6. The quantitative estimate of drug-likeness (QED) is 0.301. The van der Waals surface area contributed by atoms with Gasteiger partial charge in [0, 0.05) is 6.42 Å². The van der Waals surface area contributed by atoms with Gasteiger partial charge in [-0.1, -0.05) is 0 Å². The minimum Gasteiger partial charge on any atom is -0.480 e. The van der Waals surface area contributed by atoms with Crippen molar-refractivity contribution in [2.75, 3.05) is 0 Å². The molecule has 0 aliphatic rings. The third-order valence-electron chi connectivity index (χ3n) is 1.16. The highest BCUT2D eigenvalue weighted by atomic mass is 16.5. The first-order valence-electron chi connectivity index (χ1n) is 2.94. The number of carbonyl (C=O) groups is 2. The lowest BCUT2D eigenvalue weighted by Crippen LogP contribution is -2.46. The van der Waals surface area contributed by atoms with Crippen molar-refractivity contribution in [2.45, 2.75) is 18.2 Å². The Kier molecular flexibility index (Phi) is 3.14. The molecule has 7 nitrogen and oxygen atoms in total. The second-order valence-corrected chi connectivity index (χ2v) is 2.27. The Morgan fingerprint density at radius 2 is 1.75 bits per heavy atom. The maximum atomic E-state index is 10.1. The largest absolute Gasteiger partial charge is 0.480 e. The van der Waals surface area contributed by atoms with Crippen LogP contribution in [0.2, 0.25) is 0 Å². The molecule has 0 heterocycles. The van der Waals surface area contributed by atoms with Crippen molar-refractivity contribution in [3.8, 4) is 0 Å². The molecule has 0 spiro atoms. The summed E-state index contributed by atoms with van der Waals surface area (Å²) in [7, 11) is 0. The van der Waals surface area contributed by atoms with Crippen molar-refractivity contribution >= 4 is 11.9 Å². The number of rotatable bonds is 4. The second kappa shape index (κ2) is 3.48. The SMILES string of the molecule is NC(CC(O)(O)C(=O)O)C(=O)O. The lowest BCUT2D eigenvalue weighted by molar-refractivity contribution is -0.207. The average Bonchev–Trinajstić information content (AvgIpc) is 1.85. The molecular formula is C5H9NO6. The van der Waals surface area contributed by atoms with Gasteiger partial charge in [0.2, 0.25) is 0 Å². The van der Waals surface area contributed by atoms with E-state index in [2.05, 4.69) is 0 Å². The molecule has 12 heavy (non-hydrogen) atoms. The molecule has 70 valence electrons. The van der Waals surface area contributed by atoms with Crippen LogP contribution < -0.4 is 5.73 Å². The summed E-state index contributed by atoms with van der Waals surface area (Å²) in [6, 6.07) is -1.61. The first-order valence-corrected chi connectivity index (χ1v) is 2.94. The average molecular weight is 179 g/mol. The van der Waals surface area contributed by atoms with Crippen molar-refractivity contribution < 1.29 is 30.0 Å². The molecule has 6 N–H and O–H groups in total. The van der Waals surface area contributed by atoms with E-state index >= 15 is 0 Å². The standard InChI is InChI=1S/C5H9NO6/c6-2(3(7)8)1-5(11,12)4(9)10/h2,11-12H,1,6H2,(H,7,8)(H,9,10). The van der Waals surface area contributed by atoms with E-state index in [1.54, 1.807) is 0 Å². The van der Waals surface area contributed by atoms with Crippen molar-refractivity contribution in [3.63, 3.8) is 0 Å². The molecule has 0 aliphatic carbocycles. The number of carboxylic acids is 2. The van der Waals surface area contributed by atoms with Gasteiger partial charge in [-0.15, -0.1) is 0 Å². The third kappa shape index (κ3) is 2.82. The Balaban J connectivity index is 4.24. The van der Waals surface area contributed by atoms with E-state index in [-0.39, 0.29) is 0 Å². The van der Waals surface area contributed by atoms with Crippen LogP contribution in [0.15, 0.2) is 0 Å². The van der Waals surface area contributed by atoms with E-state index in [9.17, 15) is 9.59 Å². The van der Waals surface area contributed by atoms with Crippen molar-refractivity contribution in [3.05, 3.63) is 0 Å². The predicted molar refractivity (Wildman–Crippen MR) is 35.0 cm³/mol. The molecule has 0 saturated heterocycles. The third-order valence-corrected chi connectivity index (χ3v) is 1.16. The van der Waals surface area contributed by atoms with Crippen LogP contribution in [0.3, 0.4) is 0 Å². The fourth-order valence-electron chi connectivity index (χ4n) is 0.481. The number of aliphatic hydroxyl groups is 2. The number of nitrogens with two attached hydrogens (primary N) is 1. The van der Waals surface area contributed by atoms with Crippen LogP contribution in [0.1, 0.15) is 6.42 Å². The van der Waals surface area contributed by atoms with E-state index in [1.165, 1.54) is 0 Å². The van der Waals surface area contributed by atoms with Crippen LogP contribution >= 0.6 is 0 Å². The van der Waals surface area contributed by atoms with Crippen LogP contribution in [0.4, 0.5) is 0 Å². The highest BCUT2D eigenvalue weighted by molar-refractivity contribution is 5.78. The zero-order chi connectivity index (χ0) is 9.94. The second-order valence-electron chi connectivity index (χ2n) is 2.27. The summed E-state index contributed by atoms with van der Waals surface area (Å²) in [6.45, 7) is 0. The van der Waals surface area contributed by atoms with E-state index in [1.807, 2.05) is 0 Å². The molecule has 0 amide bonds. The molecule has 0 aromatic heterocycles. The number of hydrogen-bond donors (Lipinski definition) is 5. The molecular weight excluding hydrogens is 170 g/mol. The summed E-state index contributed by atoms with van der Waals surface area (Å²) >= 11 is 0. The molecule has 0 saturated carbocycles. The Morgan fingerprint density at radius 1 is 1.33 bits per heavy atom. The zero-order valence-corrected chi connectivity index (χ0v) is 5.97. The van der Waals surface area contributed by atoms with Crippen molar-refractivity contribution in [2.24, 2.45) is 5.73 Å². The molecule has 0 aliphatic heterocycles. The van der Waals surface area contributed by atoms with Gasteiger partial charge in [-0.2, -0.15) is 0 Å². The van der Waals surface area contributed by atoms with Gasteiger partial charge in [0.15, 0.2) is 0 Å². The summed E-state index contributed by atoms with van der Waals surface area (Å²) < 4.78 is 0. The van der Waals surface area contributed by atoms with Gasteiger partial charge in [-0.3, -0.25) is 4.79 Å². The molecule has 1 atom stereocenters. The molecule has 0 rings (SSSR count). The molecule has 0 radical (unpaired) electrons. The maximum absolute atomic E-state index is 10.1. The monoisotopic (exact) mass is 179 g/mol. The van der Waals surface area contributed by atoms with Crippen LogP contribution in [0.25, 0.3) is 0 Å². The van der Waals surface area contributed by atoms with Crippen molar-refractivity contribution in [1.29, 1.82) is 0 Å². The highest BCUT2D eigenvalue weighted by Crippen LogP contribution is 2.08. The summed E-state index contributed by atoms with van der Waals surface area (Å²) in [6.07, 6.45) is -0.961. The van der Waals surface area contributed by atoms with Gasteiger partial charge in [-0.25, -0.2) is 4.79 Å². The van der Waals surface area contributed by atoms with Crippen molar-refractivity contribution in [1.82, 2.24) is 0 Å². The minimum absolute atomic E-state index is 0.961.